The molecule has 0 saturated heterocycles. The minimum Gasteiger partial charge on any atom is -0.384 e. The van der Waals surface area contributed by atoms with Crippen LogP contribution < -0.4 is 10.6 Å². The van der Waals surface area contributed by atoms with Gasteiger partial charge in [-0.1, -0.05) is 17.7 Å². The van der Waals surface area contributed by atoms with Gasteiger partial charge in [-0.3, -0.25) is 5.41 Å². The first kappa shape index (κ1) is 14.3. The highest BCUT2D eigenvalue weighted by Crippen LogP contribution is 2.20. The number of amidine groups is 1. The van der Waals surface area contributed by atoms with Crippen molar-refractivity contribution in [2.75, 3.05) is 11.9 Å². The molecule has 0 aliphatic carbocycles. The molecule has 0 aliphatic heterocycles. The Hall–Kier alpha value is -2.07. The van der Waals surface area contributed by atoms with Crippen LogP contribution in [0.3, 0.4) is 0 Å². The molecule has 0 aromatic heterocycles. The van der Waals surface area contributed by atoms with Gasteiger partial charge in [0.1, 0.15) is 11.7 Å². The van der Waals surface area contributed by atoms with Gasteiger partial charge in [0.2, 0.25) is 0 Å². The van der Waals surface area contributed by atoms with Crippen molar-refractivity contribution < 1.29 is 4.39 Å². The van der Waals surface area contributed by atoms with Crippen LogP contribution in [0.25, 0.3) is 0 Å². The lowest BCUT2D eigenvalue weighted by Crippen LogP contribution is -2.17. The zero-order chi connectivity index (χ0) is 14.7. The number of nitrogens with zero attached hydrogens (tertiary/aromatic N) is 1. The van der Waals surface area contributed by atoms with Gasteiger partial charge in [-0.05, 0) is 36.4 Å². The van der Waals surface area contributed by atoms with Crippen molar-refractivity contribution in [1.29, 1.82) is 5.41 Å². The lowest BCUT2D eigenvalue weighted by atomic mass is 10.1. The zero-order valence-electron chi connectivity index (χ0n) is 11.0. The fraction of sp³-hybridized carbons (Fsp3) is 0.133. The van der Waals surface area contributed by atoms with E-state index in [0.29, 0.717) is 22.7 Å². The number of hydrogen-bond acceptors (Lipinski definition) is 2. The number of nitrogens with two attached hydrogens (primary N) is 1. The average Bonchev–Trinajstić information content (AvgIpc) is 2.42. The van der Waals surface area contributed by atoms with E-state index in [-0.39, 0.29) is 11.7 Å². The van der Waals surface area contributed by atoms with Crippen molar-refractivity contribution >= 4 is 23.1 Å². The molecule has 0 aliphatic rings. The third-order valence-corrected chi connectivity index (χ3v) is 3.28. The Morgan fingerprint density at radius 2 is 1.90 bits per heavy atom. The van der Waals surface area contributed by atoms with Gasteiger partial charge in [0.05, 0.1) is 0 Å². The van der Waals surface area contributed by atoms with Crippen molar-refractivity contribution in [1.82, 2.24) is 0 Å². The van der Waals surface area contributed by atoms with E-state index in [2.05, 4.69) is 0 Å². The first-order chi connectivity index (χ1) is 9.47. The topological polar surface area (TPSA) is 53.1 Å². The summed E-state index contributed by atoms with van der Waals surface area (Å²) < 4.78 is 13.7. The SMILES string of the molecule is CN(Cc1ccc(Cl)cc1F)c1ccc(C(=N)N)cc1. The van der Waals surface area contributed by atoms with Gasteiger partial charge in [0.25, 0.3) is 0 Å². The molecule has 2 aromatic carbocycles. The summed E-state index contributed by atoms with van der Waals surface area (Å²) in [7, 11) is 1.87. The van der Waals surface area contributed by atoms with Crippen LogP contribution in [0.15, 0.2) is 42.5 Å². The summed E-state index contributed by atoms with van der Waals surface area (Å²) in [6, 6.07) is 11.9. The summed E-state index contributed by atoms with van der Waals surface area (Å²) in [6.07, 6.45) is 0. The van der Waals surface area contributed by atoms with Gasteiger partial charge >= 0.3 is 0 Å². The largest absolute Gasteiger partial charge is 0.384 e. The predicted molar refractivity (Wildman–Crippen MR) is 81.0 cm³/mol. The van der Waals surface area contributed by atoms with Crippen molar-refractivity contribution in [3.63, 3.8) is 0 Å². The highest BCUT2D eigenvalue weighted by Gasteiger charge is 2.07. The van der Waals surface area contributed by atoms with E-state index in [1.165, 1.54) is 6.07 Å². The summed E-state index contributed by atoms with van der Waals surface area (Å²) >= 11 is 5.73. The van der Waals surface area contributed by atoms with Gasteiger partial charge in [0, 0.05) is 35.4 Å². The first-order valence-corrected chi connectivity index (χ1v) is 6.44. The van der Waals surface area contributed by atoms with Crippen LogP contribution >= 0.6 is 11.6 Å². The minimum absolute atomic E-state index is 0.0305. The van der Waals surface area contributed by atoms with E-state index in [4.69, 9.17) is 22.7 Å². The highest BCUT2D eigenvalue weighted by atomic mass is 35.5. The van der Waals surface area contributed by atoms with Crippen LogP contribution in [-0.2, 0) is 6.54 Å². The van der Waals surface area contributed by atoms with Crippen molar-refractivity contribution in [3.8, 4) is 0 Å². The van der Waals surface area contributed by atoms with Crippen molar-refractivity contribution in [2.45, 2.75) is 6.54 Å². The molecule has 0 radical (unpaired) electrons. The van der Waals surface area contributed by atoms with E-state index in [9.17, 15) is 4.39 Å². The standard InChI is InChI=1S/C15H15ClFN3/c1-20(9-11-2-5-12(16)8-14(11)17)13-6-3-10(4-7-13)15(18)19/h2-8H,9H2,1H3,(H3,18,19). The third kappa shape index (κ3) is 3.27. The van der Waals surface area contributed by atoms with E-state index >= 15 is 0 Å². The van der Waals surface area contributed by atoms with Crippen molar-refractivity contribution in [2.24, 2.45) is 5.73 Å². The van der Waals surface area contributed by atoms with Gasteiger partial charge < -0.3 is 10.6 Å². The quantitative estimate of drug-likeness (QED) is 0.670. The molecule has 0 heterocycles. The Morgan fingerprint density at radius 1 is 1.25 bits per heavy atom. The lowest BCUT2D eigenvalue weighted by molar-refractivity contribution is 0.608. The van der Waals surface area contributed by atoms with E-state index in [1.807, 2.05) is 24.1 Å². The van der Waals surface area contributed by atoms with E-state index in [1.54, 1.807) is 24.3 Å². The van der Waals surface area contributed by atoms with E-state index < -0.39 is 0 Å². The molecule has 0 bridgehead atoms. The van der Waals surface area contributed by atoms with Gasteiger partial charge in [0.15, 0.2) is 0 Å². The molecule has 0 unspecified atom stereocenters. The summed E-state index contributed by atoms with van der Waals surface area (Å²) in [5.74, 6) is -0.285. The first-order valence-electron chi connectivity index (χ1n) is 6.07. The molecule has 2 aromatic rings. The molecule has 104 valence electrons. The van der Waals surface area contributed by atoms with Crippen molar-refractivity contribution in [3.05, 3.63) is 64.4 Å². The second-order valence-corrected chi connectivity index (χ2v) is 4.99. The maximum atomic E-state index is 13.7. The van der Waals surface area contributed by atoms with Crippen LogP contribution in [0, 0.1) is 11.2 Å². The maximum absolute atomic E-state index is 13.7. The average molecular weight is 292 g/mol. The second kappa shape index (κ2) is 5.92. The minimum atomic E-state index is -0.315. The monoisotopic (exact) mass is 291 g/mol. The molecule has 5 heteroatoms. The fourth-order valence-electron chi connectivity index (χ4n) is 1.89. The Morgan fingerprint density at radius 3 is 2.45 bits per heavy atom. The lowest BCUT2D eigenvalue weighted by Gasteiger charge is -2.20. The number of benzene rings is 2. The fourth-order valence-corrected chi connectivity index (χ4v) is 2.05. The molecule has 2 rings (SSSR count). The molecule has 3 N–H and O–H groups in total. The molecule has 20 heavy (non-hydrogen) atoms. The Balaban J connectivity index is 2.15. The molecular weight excluding hydrogens is 277 g/mol. The molecular formula is C15H15ClFN3. The smallest absolute Gasteiger partial charge is 0.129 e. The predicted octanol–water partition coefficient (Wildman–Crippen LogP) is 3.40. The van der Waals surface area contributed by atoms with Crippen LogP contribution in [0.2, 0.25) is 5.02 Å². The molecule has 0 atom stereocenters. The number of halogens is 2. The number of nitrogens with one attached hydrogen (secondary N) is 1. The highest BCUT2D eigenvalue weighted by molar-refractivity contribution is 6.30. The zero-order valence-corrected chi connectivity index (χ0v) is 11.8. The molecule has 0 saturated carbocycles. The van der Waals surface area contributed by atoms with Gasteiger partial charge in [-0.2, -0.15) is 0 Å². The summed E-state index contributed by atoms with van der Waals surface area (Å²) in [6.45, 7) is 0.433. The normalized spacial score (nSPS) is 10.3. The second-order valence-electron chi connectivity index (χ2n) is 4.55. The van der Waals surface area contributed by atoms with Crippen LogP contribution in [0.1, 0.15) is 11.1 Å². The van der Waals surface area contributed by atoms with Gasteiger partial charge in [-0.25, -0.2) is 4.39 Å². The van der Waals surface area contributed by atoms with E-state index in [0.717, 1.165) is 5.69 Å². The van der Waals surface area contributed by atoms with Crippen LogP contribution in [0.4, 0.5) is 10.1 Å². The molecule has 0 spiro atoms. The third-order valence-electron chi connectivity index (χ3n) is 3.04. The Bertz CT molecular complexity index is 626. The maximum Gasteiger partial charge on any atom is 0.129 e. The molecule has 0 fully saturated rings. The van der Waals surface area contributed by atoms with Gasteiger partial charge in [-0.15, -0.1) is 0 Å². The Labute approximate surface area is 122 Å². The van der Waals surface area contributed by atoms with Crippen LogP contribution in [0.5, 0.6) is 0 Å². The summed E-state index contributed by atoms with van der Waals surface area (Å²) in [4.78, 5) is 1.91. The number of hydrogen-bond donors (Lipinski definition) is 2. The number of rotatable bonds is 4. The number of nitrogen functional groups attached to an aromatic ring is 1. The Kier molecular flexibility index (Phi) is 4.25. The van der Waals surface area contributed by atoms with Crippen LogP contribution in [-0.4, -0.2) is 12.9 Å². The number of anilines is 1. The molecule has 3 nitrogen and oxygen atoms in total. The molecule has 0 amide bonds. The summed E-state index contributed by atoms with van der Waals surface area (Å²) in [5, 5.41) is 7.73. The summed E-state index contributed by atoms with van der Waals surface area (Å²) in [5.41, 5.74) is 7.57.